The fourth-order valence-corrected chi connectivity index (χ4v) is 2.66. The molecule has 1 aromatic rings. The minimum Gasteiger partial charge on any atom is -0.313 e. The van der Waals surface area contributed by atoms with Crippen molar-refractivity contribution in [2.75, 3.05) is 19.6 Å². The number of pyridine rings is 1. The van der Waals surface area contributed by atoms with E-state index in [0.29, 0.717) is 6.04 Å². The van der Waals surface area contributed by atoms with Gasteiger partial charge in [0.05, 0.1) is 5.69 Å². The molecule has 1 atom stereocenters. The van der Waals surface area contributed by atoms with E-state index in [1.807, 2.05) is 6.20 Å². The van der Waals surface area contributed by atoms with E-state index in [0.717, 1.165) is 29.8 Å². The topological polar surface area (TPSA) is 28.2 Å². The molecule has 18 heavy (non-hydrogen) atoms. The summed E-state index contributed by atoms with van der Waals surface area (Å²) in [6, 6.07) is 4.82. The van der Waals surface area contributed by atoms with Crippen molar-refractivity contribution in [2.45, 2.75) is 38.8 Å². The second kappa shape index (κ2) is 7.22. The molecule has 100 valence electrons. The van der Waals surface area contributed by atoms with Gasteiger partial charge in [-0.15, -0.1) is 0 Å². The van der Waals surface area contributed by atoms with E-state index in [2.05, 4.69) is 50.2 Å². The summed E-state index contributed by atoms with van der Waals surface area (Å²) in [6.07, 6.45) is 5.88. The molecule has 1 fully saturated rings. The van der Waals surface area contributed by atoms with Gasteiger partial charge in [-0.05, 0) is 54.0 Å². The Balaban J connectivity index is 1.86. The largest absolute Gasteiger partial charge is 0.313 e. The first-order chi connectivity index (χ1) is 8.78. The predicted octanol–water partition coefficient (Wildman–Crippen LogP) is 2.81. The number of piperidine rings is 1. The average molecular weight is 312 g/mol. The molecule has 1 saturated heterocycles. The van der Waals surface area contributed by atoms with Crippen LogP contribution in [0.1, 0.15) is 31.9 Å². The van der Waals surface area contributed by atoms with Crippen LogP contribution in [0.25, 0.3) is 0 Å². The van der Waals surface area contributed by atoms with Gasteiger partial charge in [-0.1, -0.05) is 13.3 Å². The Morgan fingerprint density at radius 3 is 2.94 bits per heavy atom. The SMILES string of the molecule is CCN(Cc1ccc(Br)cn1)CC1CCCCN1. The Kier molecular flexibility index (Phi) is 5.60. The lowest BCUT2D eigenvalue weighted by Gasteiger charge is -2.29. The zero-order valence-electron chi connectivity index (χ0n) is 11.0. The van der Waals surface area contributed by atoms with E-state index < -0.39 is 0 Å². The van der Waals surface area contributed by atoms with Gasteiger partial charge < -0.3 is 5.32 Å². The minimum atomic E-state index is 0.661. The first-order valence-electron chi connectivity index (χ1n) is 6.84. The maximum absolute atomic E-state index is 4.45. The molecule has 1 aromatic heterocycles. The van der Waals surface area contributed by atoms with Crippen molar-refractivity contribution >= 4 is 15.9 Å². The summed E-state index contributed by atoms with van der Waals surface area (Å²) in [5.74, 6) is 0. The number of hydrogen-bond donors (Lipinski definition) is 1. The third kappa shape index (κ3) is 4.34. The Labute approximate surface area is 118 Å². The summed E-state index contributed by atoms with van der Waals surface area (Å²) >= 11 is 3.42. The van der Waals surface area contributed by atoms with E-state index >= 15 is 0 Å². The monoisotopic (exact) mass is 311 g/mol. The third-order valence-electron chi connectivity index (χ3n) is 3.51. The molecular formula is C14H22BrN3. The van der Waals surface area contributed by atoms with Crippen LogP contribution in [-0.2, 0) is 6.54 Å². The summed E-state index contributed by atoms with van der Waals surface area (Å²) in [4.78, 5) is 6.92. The number of nitrogens with one attached hydrogen (secondary N) is 1. The fourth-order valence-electron chi connectivity index (χ4n) is 2.43. The molecule has 2 rings (SSSR count). The van der Waals surface area contributed by atoms with Crippen LogP contribution in [0.3, 0.4) is 0 Å². The maximum atomic E-state index is 4.45. The lowest BCUT2D eigenvalue weighted by Crippen LogP contribution is -2.43. The number of nitrogens with zero attached hydrogens (tertiary/aromatic N) is 2. The molecule has 0 spiro atoms. The molecule has 1 aliphatic heterocycles. The second-order valence-electron chi connectivity index (χ2n) is 4.94. The third-order valence-corrected chi connectivity index (χ3v) is 3.98. The van der Waals surface area contributed by atoms with Gasteiger partial charge in [0, 0.05) is 29.8 Å². The van der Waals surface area contributed by atoms with Crippen molar-refractivity contribution in [3.63, 3.8) is 0 Å². The molecule has 0 radical (unpaired) electrons. The highest BCUT2D eigenvalue weighted by Gasteiger charge is 2.16. The summed E-state index contributed by atoms with van der Waals surface area (Å²) in [5.41, 5.74) is 1.15. The highest BCUT2D eigenvalue weighted by Crippen LogP contribution is 2.12. The van der Waals surface area contributed by atoms with E-state index in [9.17, 15) is 0 Å². The number of halogens is 1. The Morgan fingerprint density at radius 2 is 2.33 bits per heavy atom. The van der Waals surface area contributed by atoms with Gasteiger partial charge in [-0.2, -0.15) is 0 Å². The van der Waals surface area contributed by atoms with Crippen molar-refractivity contribution < 1.29 is 0 Å². The van der Waals surface area contributed by atoms with Crippen molar-refractivity contribution in [1.29, 1.82) is 0 Å². The van der Waals surface area contributed by atoms with Crippen LogP contribution < -0.4 is 5.32 Å². The predicted molar refractivity (Wildman–Crippen MR) is 78.5 cm³/mol. The second-order valence-corrected chi connectivity index (χ2v) is 5.86. The normalized spacial score (nSPS) is 20.3. The summed E-state index contributed by atoms with van der Waals surface area (Å²) in [6.45, 7) is 6.56. The summed E-state index contributed by atoms with van der Waals surface area (Å²) < 4.78 is 1.04. The molecule has 0 saturated carbocycles. The smallest absolute Gasteiger partial charge is 0.0544 e. The Bertz CT molecular complexity index is 347. The average Bonchev–Trinajstić information content (AvgIpc) is 2.41. The molecule has 0 amide bonds. The number of rotatable bonds is 5. The zero-order valence-corrected chi connectivity index (χ0v) is 12.6. The first kappa shape index (κ1) is 14.0. The molecule has 0 bridgehead atoms. The molecule has 0 aliphatic carbocycles. The molecule has 4 heteroatoms. The van der Waals surface area contributed by atoms with Crippen molar-refractivity contribution in [3.8, 4) is 0 Å². The Morgan fingerprint density at radius 1 is 1.44 bits per heavy atom. The van der Waals surface area contributed by atoms with Gasteiger partial charge in [0.15, 0.2) is 0 Å². The van der Waals surface area contributed by atoms with Crippen LogP contribution in [0, 0.1) is 0 Å². The lowest BCUT2D eigenvalue weighted by atomic mass is 10.0. The Hall–Kier alpha value is -0.450. The number of hydrogen-bond acceptors (Lipinski definition) is 3. The van der Waals surface area contributed by atoms with Gasteiger partial charge in [0.25, 0.3) is 0 Å². The fraction of sp³-hybridized carbons (Fsp3) is 0.643. The van der Waals surface area contributed by atoms with Gasteiger partial charge in [0.2, 0.25) is 0 Å². The van der Waals surface area contributed by atoms with Crippen LogP contribution >= 0.6 is 15.9 Å². The molecular weight excluding hydrogens is 290 g/mol. The van der Waals surface area contributed by atoms with Crippen molar-refractivity contribution in [1.82, 2.24) is 15.2 Å². The van der Waals surface area contributed by atoms with E-state index in [1.54, 1.807) is 0 Å². The van der Waals surface area contributed by atoms with E-state index in [1.165, 1.54) is 25.8 Å². The highest BCUT2D eigenvalue weighted by molar-refractivity contribution is 9.10. The first-order valence-corrected chi connectivity index (χ1v) is 7.63. The van der Waals surface area contributed by atoms with Gasteiger partial charge >= 0.3 is 0 Å². The maximum Gasteiger partial charge on any atom is 0.0544 e. The highest BCUT2D eigenvalue weighted by atomic mass is 79.9. The summed E-state index contributed by atoms with van der Waals surface area (Å²) in [5, 5.41) is 3.61. The van der Waals surface area contributed by atoms with E-state index in [-0.39, 0.29) is 0 Å². The molecule has 1 N–H and O–H groups in total. The van der Waals surface area contributed by atoms with Crippen LogP contribution in [0.4, 0.5) is 0 Å². The van der Waals surface area contributed by atoms with Gasteiger partial charge in [0.1, 0.15) is 0 Å². The van der Waals surface area contributed by atoms with Crippen LogP contribution in [-0.4, -0.2) is 35.6 Å². The van der Waals surface area contributed by atoms with Crippen LogP contribution in [0.2, 0.25) is 0 Å². The number of likely N-dealkylation sites (N-methyl/N-ethyl adjacent to an activating group) is 1. The summed E-state index contributed by atoms with van der Waals surface area (Å²) in [7, 11) is 0. The van der Waals surface area contributed by atoms with Gasteiger partial charge in [-0.25, -0.2) is 0 Å². The van der Waals surface area contributed by atoms with Crippen LogP contribution in [0.15, 0.2) is 22.8 Å². The minimum absolute atomic E-state index is 0.661. The number of aromatic nitrogens is 1. The van der Waals surface area contributed by atoms with Crippen molar-refractivity contribution in [2.24, 2.45) is 0 Å². The van der Waals surface area contributed by atoms with E-state index in [4.69, 9.17) is 0 Å². The standard InChI is InChI=1S/C14H22BrN3/c1-2-18(10-13-5-3-4-8-16-13)11-14-7-6-12(15)9-17-14/h6-7,9,13,16H,2-5,8,10-11H2,1H3. The van der Waals surface area contributed by atoms with Crippen LogP contribution in [0.5, 0.6) is 0 Å². The molecule has 0 aromatic carbocycles. The molecule has 3 nitrogen and oxygen atoms in total. The zero-order chi connectivity index (χ0) is 12.8. The van der Waals surface area contributed by atoms with Crippen molar-refractivity contribution in [3.05, 3.63) is 28.5 Å². The van der Waals surface area contributed by atoms with Gasteiger partial charge in [-0.3, -0.25) is 9.88 Å². The molecule has 2 heterocycles. The molecule has 1 aliphatic rings. The lowest BCUT2D eigenvalue weighted by molar-refractivity contribution is 0.224. The molecule has 1 unspecified atom stereocenters. The quantitative estimate of drug-likeness (QED) is 0.906.